The lowest BCUT2D eigenvalue weighted by Crippen LogP contribution is -2.35. The number of amides is 1. The molecule has 0 spiro atoms. The van der Waals surface area contributed by atoms with Gasteiger partial charge in [0.05, 0.1) is 33.9 Å². The summed E-state index contributed by atoms with van der Waals surface area (Å²) in [6.07, 6.45) is 0.657. The van der Waals surface area contributed by atoms with E-state index in [1.165, 1.54) is 39.9 Å². The Hall–Kier alpha value is -3.64. The summed E-state index contributed by atoms with van der Waals surface area (Å²) in [4.78, 5) is 30.3. The van der Waals surface area contributed by atoms with Gasteiger partial charge in [0.25, 0.3) is 5.91 Å². The zero-order valence-electron chi connectivity index (χ0n) is 22.2. The maximum Gasteiger partial charge on any atom is 0.338 e. The first-order valence-corrected chi connectivity index (χ1v) is 15.1. The number of methoxy groups -OCH3 is 1. The maximum atomic E-state index is 13.3. The lowest BCUT2D eigenvalue weighted by atomic mass is 10.0. The van der Waals surface area contributed by atoms with E-state index >= 15 is 0 Å². The fraction of sp³-hybridized carbons (Fsp3) is 0.276. The SMILES string of the molecule is CCOC(=O)c1ccc2c(c1)sc(=NC(=O)c1ccc(S(=O)(=O)N3CCc4ccccc4C3)cc1)n2CCOC. The smallest absolute Gasteiger partial charge is 0.338 e. The van der Waals surface area contributed by atoms with Crippen molar-refractivity contribution in [2.75, 3.05) is 26.9 Å². The summed E-state index contributed by atoms with van der Waals surface area (Å²) in [7, 11) is -2.13. The molecule has 0 atom stereocenters. The summed E-state index contributed by atoms with van der Waals surface area (Å²) in [6.45, 7) is 3.60. The minimum atomic E-state index is -3.72. The number of sulfonamides is 1. The number of hydrogen-bond acceptors (Lipinski definition) is 7. The molecule has 0 radical (unpaired) electrons. The Balaban J connectivity index is 1.42. The van der Waals surface area contributed by atoms with Gasteiger partial charge in [-0.1, -0.05) is 35.6 Å². The van der Waals surface area contributed by atoms with Crippen molar-refractivity contribution in [3.8, 4) is 0 Å². The standard InChI is InChI=1S/C29H29N3O6S2/c1-3-38-28(34)22-10-13-25-26(18-22)39-29(32(25)16-17-37-2)30-27(33)21-8-11-24(12-9-21)40(35,36)31-15-14-20-6-4-5-7-23(20)19-31/h4-13,18H,3,14-17,19H2,1-2H3. The molecule has 0 unspecified atom stereocenters. The van der Waals surface area contributed by atoms with Gasteiger partial charge in [0.1, 0.15) is 0 Å². The predicted molar refractivity (Wildman–Crippen MR) is 152 cm³/mol. The van der Waals surface area contributed by atoms with Gasteiger partial charge in [-0.2, -0.15) is 9.30 Å². The summed E-state index contributed by atoms with van der Waals surface area (Å²) in [5, 5.41) is 0. The lowest BCUT2D eigenvalue weighted by molar-refractivity contribution is 0.0526. The van der Waals surface area contributed by atoms with Gasteiger partial charge in [-0.05, 0) is 66.9 Å². The molecule has 1 aliphatic rings. The summed E-state index contributed by atoms with van der Waals surface area (Å²) in [5.41, 5.74) is 3.67. The third-order valence-electron chi connectivity index (χ3n) is 6.74. The van der Waals surface area contributed by atoms with Crippen molar-refractivity contribution >= 4 is 43.5 Å². The first kappa shape index (κ1) is 27.9. The van der Waals surface area contributed by atoms with Crippen LogP contribution >= 0.6 is 11.3 Å². The Morgan fingerprint density at radius 2 is 1.73 bits per heavy atom. The van der Waals surface area contributed by atoms with E-state index in [9.17, 15) is 18.0 Å². The van der Waals surface area contributed by atoms with E-state index in [1.54, 1.807) is 32.2 Å². The zero-order valence-corrected chi connectivity index (χ0v) is 23.8. The molecule has 208 valence electrons. The van der Waals surface area contributed by atoms with Gasteiger partial charge < -0.3 is 14.0 Å². The van der Waals surface area contributed by atoms with Crippen molar-refractivity contribution in [2.45, 2.75) is 31.3 Å². The molecule has 4 aromatic rings. The number of aromatic nitrogens is 1. The predicted octanol–water partition coefficient (Wildman–Crippen LogP) is 4.01. The van der Waals surface area contributed by atoms with E-state index in [0.29, 0.717) is 43.0 Å². The summed E-state index contributed by atoms with van der Waals surface area (Å²) in [6, 6.07) is 18.9. The lowest BCUT2D eigenvalue weighted by Gasteiger charge is -2.28. The highest BCUT2D eigenvalue weighted by Gasteiger charge is 2.28. The fourth-order valence-electron chi connectivity index (χ4n) is 4.64. The molecule has 9 nitrogen and oxygen atoms in total. The Labute approximate surface area is 236 Å². The van der Waals surface area contributed by atoms with Crippen LogP contribution < -0.4 is 4.80 Å². The highest BCUT2D eigenvalue weighted by atomic mass is 32.2. The third kappa shape index (κ3) is 5.64. The normalized spacial score (nSPS) is 14.3. The van der Waals surface area contributed by atoms with Crippen molar-refractivity contribution in [1.29, 1.82) is 0 Å². The van der Waals surface area contributed by atoms with Crippen LogP contribution in [0, 0.1) is 0 Å². The second-order valence-electron chi connectivity index (χ2n) is 9.23. The Bertz CT molecular complexity index is 1740. The molecule has 0 bridgehead atoms. The minimum Gasteiger partial charge on any atom is -0.462 e. The molecule has 0 aliphatic carbocycles. The second kappa shape index (κ2) is 11.8. The van der Waals surface area contributed by atoms with Gasteiger partial charge in [-0.25, -0.2) is 13.2 Å². The average Bonchev–Trinajstić information content (AvgIpc) is 3.31. The van der Waals surface area contributed by atoms with Crippen LogP contribution in [0.1, 0.15) is 38.8 Å². The molecule has 1 amide bonds. The van der Waals surface area contributed by atoms with E-state index in [4.69, 9.17) is 9.47 Å². The quantitative estimate of drug-likeness (QED) is 0.292. The average molecular weight is 580 g/mol. The number of rotatable bonds is 8. The van der Waals surface area contributed by atoms with Gasteiger partial charge in [-0.15, -0.1) is 0 Å². The van der Waals surface area contributed by atoms with Crippen molar-refractivity contribution < 1.29 is 27.5 Å². The second-order valence-corrected chi connectivity index (χ2v) is 12.2. The number of fused-ring (bicyclic) bond motifs is 2. The Morgan fingerprint density at radius 3 is 2.45 bits per heavy atom. The van der Waals surface area contributed by atoms with Crippen LogP contribution in [0.5, 0.6) is 0 Å². The van der Waals surface area contributed by atoms with Gasteiger partial charge in [0.15, 0.2) is 4.80 Å². The highest BCUT2D eigenvalue weighted by molar-refractivity contribution is 7.89. The van der Waals surface area contributed by atoms with E-state index < -0.39 is 21.9 Å². The molecule has 1 aliphatic heterocycles. The first-order valence-electron chi connectivity index (χ1n) is 12.9. The van der Waals surface area contributed by atoms with Crippen LogP contribution in [-0.2, 0) is 39.0 Å². The van der Waals surface area contributed by atoms with Crippen LogP contribution in [0.4, 0.5) is 0 Å². The van der Waals surface area contributed by atoms with E-state index in [1.807, 2.05) is 28.8 Å². The van der Waals surface area contributed by atoms with Crippen molar-refractivity contribution in [3.05, 3.63) is 93.8 Å². The third-order valence-corrected chi connectivity index (χ3v) is 9.65. The fourth-order valence-corrected chi connectivity index (χ4v) is 7.16. The van der Waals surface area contributed by atoms with Crippen LogP contribution in [0.3, 0.4) is 0 Å². The summed E-state index contributed by atoms with van der Waals surface area (Å²) < 4.78 is 41.1. The van der Waals surface area contributed by atoms with Crippen LogP contribution in [0.15, 0.2) is 76.6 Å². The molecule has 40 heavy (non-hydrogen) atoms. The summed E-state index contributed by atoms with van der Waals surface area (Å²) >= 11 is 1.28. The van der Waals surface area contributed by atoms with E-state index in [-0.39, 0.29) is 17.1 Å². The van der Waals surface area contributed by atoms with Gasteiger partial charge in [0.2, 0.25) is 10.0 Å². The molecule has 3 aromatic carbocycles. The highest BCUT2D eigenvalue weighted by Crippen LogP contribution is 2.25. The molecule has 1 aromatic heterocycles. The molecular weight excluding hydrogens is 550 g/mol. The molecule has 0 saturated carbocycles. The van der Waals surface area contributed by atoms with Gasteiger partial charge >= 0.3 is 5.97 Å². The molecule has 11 heteroatoms. The number of esters is 1. The monoisotopic (exact) mass is 579 g/mol. The van der Waals surface area contributed by atoms with Crippen LogP contribution in [0.2, 0.25) is 0 Å². The number of thiazole rings is 1. The van der Waals surface area contributed by atoms with Crippen molar-refractivity contribution in [3.63, 3.8) is 0 Å². The maximum absolute atomic E-state index is 13.3. The van der Waals surface area contributed by atoms with Gasteiger partial charge in [-0.3, -0.25) is 4.79 Å². The van der Waals surface area contributed by atoms with Gasteiger partial charge in [0, 0.05) is 32.3 Å². The Morgan fingerprint density at radius 1 is 1.00 bits per heavy atom. The largest absolute Gasteiger partial charge is 0.462 e. The zero-order chi connectivity index (χ0) is 28.3. The van der Waals surface area contributed by atoms with E-state index in [0.717, 1.165) is 21.3 Å². The first-order chi connectivity index (χ1) is 19.3. The Kier molecular flexibility index (Phi) is 8.27. The summed E-state index contributed by atoms with van der Waals surface area (Å²) in [5.74, 6) is -0.918. The minimum absolute atomic E-state index is 0.131. The van der Waals surface area contributed by atoms with Crippen LogP contribution in [0.25, 0.3) is 10.2 Å². The molecule has 0 fully saturated rings. The van der Waals surface area contributed by atoms with Crippen molar-refractivity contribution in [1.82, 2.24) is 8.87 Å². The molecule has 5 rings (SSSR count). The number of hydrogen-bond donors (Lipinski definition) is 0. The van der Waals surface area contributed by atoms with Crippen LogP contribution in [-0.4, -0.2) is 56.0 Å². The number of nitrogens with zero attached hydrogens (tertiary/aromatic N) is 3. The number of carbonyl (C=O) groups excluding carboxylic acids is 2. The molecule has 2 heterocycles. The number of carbonyl (C=O) groups is 2. The van der Waals surface area contributed by atoms with E-state index in [2.05, 4.69) is 4.99 Å². The number of benzene rings is 3. The molecular formula is C29H29N3O6S2. The molecule has 0 saturated heterocycles. The molecule has 0 N–H and O–H groups in total. The van der Waals surface area contributed by atoms with Crippen molar-refractivity contribution in [2.24, 2.45) is 4.99 Å². The topological polar surface area (TPSA) is 107 Å². The number of ether oxygens (including phenoxy) is 2.